The van der Waals surface area contributed by atoms with Crippen molar-refractivity contribution in [2.24, 2.45) is 0 Å². The van der Waals surface area contributed by atoms with Crippen molar-refractivity contribution in [3.05, 3.63) is 35.6 Å². The molecule has 1 atom stereocenters. The van der Waals surface area contributed by atoms with E-state index in [2.05, 4.69) is 0 Å². The van der Waals surface area contributed by atoms with Crippen molar-refractivity contribution in [3.63, 3.8) is 0 Å². The molecular weight excluding hydrogens is 211 g/mol. The Kier molecular flexibility index (Phi) is 3.65. The van der Waals surface area contributed by atoms with Crippen LogP contribution >= 0.6 is 0 Å². The van der Waals surface area contributed by atoms with E-state index in [0.717, 1.165) is 5.56 Å². The van der Waals surface area contributed by atoms with Crippen LogP contribution in [0.4, 0.5) is 4.39 Å². The summed E-state index contributed by atoms with van der Waals surface area (Å²) >= 11 is 0. The number of methoxy groups -OCH3 is 1. The molecule has 0 saturated carbocycles. The van der Waals surface area contributed by atoms with E-state index in [0.29, 0.717) is 0 Å². The first-order chi connectivity index (χ1) is 7.39. The number of hydrogen-bond donors (Lipinski definition) is 1. The van der Waals surface area contributed by atoms with Crippen molar-refractivity contribution in [2.45, 2.75) is 25.4 Å². The normalized spacial score (nSPS) is 13.5. The number of halogens is 1. The van der Waals surface area contributed by atoms with Crippen molar-refractivity contribution < 1.29 is 19.0 Å². The fourth-order valence-corrected chi connectivity index (χ4v) is 1.73. The van der Waals surface area contributed by atoms with Gasteiger partial charge in [0.2, 0.25) is 0 Å². The van der Waals surface area contributed by atoms with Gasteiger partial charge >= 0.3 is 5.97 Å². The van der Waals surface area contributed by atoms with Crippen LogP contribution in [-0.4, -0.2) is 24.3 Å². The maximum absolute atomic E-state index is 12.8. The second-order valence-corrected chi connectivity index (χ2v) is 4.18. The van der Waals surface area contributed by atoms with Crippen LogP contribution in [0.5, 0.6) is 0 Å². The third kappa shape index (κ3) is 2.39. The van der Waals surface area contributed by atoms with Crippen molar-refractivity contribution in [1.29, 1.82) is 0 Å². The van der Waals surface area contributed by atoms with Gasteiger partial charge in [-0.3, -0.25) is 0 Å². The molecule has 1 rings (SSSR count). The van der Waals surface area contributed by atoms with Gasteiger partial charge in [-0.2, -0.15) is 0 Å². The molecule has 0 spiro atoms. The molecule has 0 radical (unpaired) electrons. The summed E-state index contributed by atoms with van der Waals surface area (Å²) in [5.41, 5.74) is 0.0111. The molecule has 0 aromatic heterocycles. The van der Waals surface area contributed by atoms with Gasteiger partial charge < -0.3 is 9.84 Å². The molecule has 3 nitrogen and oxygen atoms in total. The Labute approximate surface area is 93.9 Å². The quantitative estimate of drug-likeness (QED) is 0.856. The molecule has 88 valence electrons. The van der Waals surface area contributed by atoms with Gasteiger partial charge in [0.05, 0.1) is 0 Å². The second-order valence-electron chi connectivity index (χ2n) is 4.18. The van der Waals surface area contributed by atoms with Crippen LogP contribution in [0.2, 0.25) is 0 Å². The van der Waals surface area contributed by atoms with Gasteiger partial charge in [0.15, 0.2) is 6.10 Å². The fraction of sp³-hybridized carbons (Fsp3) is 0.417. The second kappa shape index (κ2) is 4.61. The molecule has 0 bridgehead atoms. The summed E-state index contributed by atoms with van der Waals surface area (Å²) in [5.74, 6) is -1.37. The summed E-state index contributed by atoms with van der Waals surface area (Å²) in [6, 6.07) is 5.77. The lowest BCUT2D eigenvalue weighted by atomic mass is 9.79. The molecule has 1 N–H and O–H groups in total. The predicted molar refractivity (Wildman–Crippen MR) is 57.9 cm³/mol. The van der Waals surface area contributed by atoms with E-state index < -0.39 is 17.5 Å². The van der Waals surface area contributed by atoms with E-state index in [1.807, 2.05) is 0 Å². The average Bonchev–Trinajstić information content (AvgIpc) is 2.18. The van der Waals surface area contributed by atoms with E-state index in [1.54, 1.807) is 26.0 Å². The summed E-state index contributed by atoms with van der Waals surface area (Å²) in [7, 11) is 1.35. The van der Waals surface area contributed by atoms with Gasteiger partial charge in [-0.15, -0.1) is 0 Å². The van der Waals surface area contributed by atoms with Crippen LogP contribution in [0, 0.1) is 5.82 Å². The monoisotopic (exact) mass is 226 g/mol. The molecule has 4 heteroatoms. The highest BCUT2D eigenvalue weighted by atomic mass is 19.1. The maximum atomic E-state index is 12.8. The lowest BCUT2D eigenvalue weighted by molar-refractivity contribution is -0.152. The molecule has 1 aromatic carbocycles. The Bertz CT molecular complexity index is 370. The van der Waals surface area contributed by atoms with Gasteiger partial charge in [-0.25, -0.2) is 9.18 Å². The molecule has 1 aromatic rings. The van der Waals surface area contributed by atoms with Gasteiger partial charge in [0, 0.05) is 12.5 Å². The topological polar surface area (TPSA) is 46.5 Å². The molecule has 0 aliphatic carbocycles. The molecule has 0 fully saturated rings. The molecule has 0 aliphatic rings. The van der Waals surface area contributed by atoms with E-state index >= 15 is 0 Å². The molecule has 0 aliphatic heterocycles. The van der Waals surface area contributed by atoms with Crippen LogP contribution in [0.25, 0.3) is 0 Å². The first kappa shape index (κ1) is 12.6. The van der Waals surface area contributed by atoms with Gasteiger partial charge in [-0.05, 0) is 17.7 Å². The average molecular weight is 226 g/mol. The van der Waals surface area contributed by atoms with E-state index in [9.17, 15) is 9.18 Å². The highest BCUT2D eigenvalue weighted by molar-refractivity contribution is 5.74. The van der Waals surface area contributed by atoms with E-state index in [-0.39, 0.29) is 5.82 Å². The smallest absolute Gasteiger partial charge is 0.333 e. The third-order valence-electron chi connectivity index (χ3n) is 2.70. The van der Waals surface area contributed by atoms with Crippen LogP contribution in [-0.2, 0) is 14.9 Å². The first-order valence-corrected chi connectivity index (χ1v) is 4.91. The van der Waals surface area contributed by atoms with E-state index in [4.69, 9.17) is 9.84 Å². The van der Waals surface area contributed by atoms with Crippen LogP contribution in [0.3, 0.4) is 0 Å². The van der Waals surface area contributed by atoms with E-state index in [1.165, 1.54) is 19.2 Å². The summed E-state index contributed by atoms with van der Waals surface area (Å²) in [6.07, 6.45) is -0.960. The molecular formula is C12H15FO3. The fourth-order valence-electron chi connectivity index (χ4n) is 1.73. The summed E-state index contributed by atoms with van der Waals surface area (Å²) in [6.45, 7) is 3.51. The number of aliphatic carboxylic acids is 1. The van der Waals surface area contributed by atoms with Crippen LogP contribution < -0.4 is 0 Å². The summed E-state index contributed by atoms with van der Waals surface area (Å²) in [4.78, 5) is 11.0. The van der Waals surface area contributed by atoms with Crippen LogP contribution in [0.1, 0.15) is 19.4 Å². The number of hydrogen-bond acceptors (Lipinski definition) is 2. The van der Waals surface area contributed by atoms with Gasteiger partial charge in [-0.1, -0.05) is 26.0 Å². The van der Waals surface area contributed by atoms with Crippen molar-refractivity contribution in [3.8, 4) is 0 Å². The van der Waals surface area contributed by atoms with Crippen molar-refractivity contribution >= 4 is 5.97 Å². The van der Waals surface area contributed by atoms with Gasteiger partial charge in [0.1, 0.15) is 5.82 Å². The Morgan fingerprint density at radius 1 is 1.38 bits per heavy atom. The van der Waals surface area contributed by atoms with Gasteiger partial charge in [0.25, 0.3) is 0 Å². The van der Waals surface area contributed by atoms with Crippen LogP contribution in [0.15, 0.2) is 24.3 Å². The third-order valence-corrected chi connectivity index (χ3v) is 2.70. The molecule has 0 saturated heterocycles. The number of ether oxygens (including phenoxy) is 1. The first-order valence-electron chi connectivity index (χ1n) is 4.91. The Hall–Kier alpha value is -1.42. The number of rotatable bonds is 4. The molecule has 0 heterocycles. The standard InChI is InChI=1S/C12H15FO3/c1-12(2,10(16-3)11(14)15)8-4-6-9(13)7-5-8/h4-7,10H,1-3H3,(H,14,15). The minimum atomic E-state index is -1.03. The largest absolute Gasteiger partial charge is 0.479 e. The Morgan fingerprint density at radius 2 is 1.88 bits per heavy atom. The predicted octanol–water partition coefficient (Wildman–Crippen LogP) is 2.20. The highest BCUT2D eigenvalue weighted by Gasteiger charge is 2.36. The minimum Gasteiger partial charge on any atom is -0.479 e. The molecule has 0 amide bonds. The number of carboxylic acid groups (broad SMARTS) is 1. The van der Waals surface area contributed by atoms with Crippen molar-refractivity contribution in [2.75, 3.05) is 7.11 Å². The number of carbonyl (C=O) groups is 1. The lowest BCUT2D eigenvalue weighted by Gasteiger charge is -2.30. The summed E-state index contributed by atoms with van der Waals surface area (Å²) < 4.78 is 17.7. The molecule has 16 heavy (non-hydrogen) atoms. The zero-order chi connectivity index (χ0) is 12.3. The summed E-state index contributed by atoms with van der Waals surface area (Å²) in [5, 5.41) is 9.03. The molecule has 1 unspecified atom stereocenters. The van der Waals surface area contributed by atoms with Crippen molar-refractivity contribution in [1.82, 2.24) is 0 Å². The number of benzene rings is 1. The Balaban J connectivity index is 3.08. The number of carboxylic acids is 1. The zero-order valence-electron chi connectivity index (χ0n) is 9.53. The SMILES string of the molecule is COC(C(=O)O)C(C)(C)c1ccc(F)cc1. The Morgan fingerprint density at radius 3 is 2.25 bits per heavy atom. The zero-order valence-corrected chi connectivity index (χ0v) is 9.53. The lowest BCUT2D eigenvalue weighted by Crippen LogP contribution is -2.41. The maximum Gasteiger partial charge on any atom is 0.333 e. The highest BCUT2D eigenvalue weighted by Crippen LogP contribution is 2.29. The minimum absolute atomic E-state index is 0.344.